The number of epoxide rings is 1. The highest BCUT2D eigenvalue weighted by Gasteiger charge is 2.95. The fraction of sp³-hybridized carbons (Fsp3) is 0.812. The van der Waals surface area contributed by atoms with Crippen LogP contribution in [-0.4, -0.2) is 112 Å². The molecule has 13 nitrogen and oxygen atoms in total. The van der Waals surface area contributed by atoms with E-state index in [4.69, 9.17) is 33.2 Å². The lowest BCUT2D eigenvalue weighted by molar-refractivity contribution is -0.304. The lowest BCUT2D eigenvalue weighted by Gasteiger charge is -2.65. The van der Waals surface area contributed by atoms with Crippen LogP contribution in [0.2, 0.25) is 0 Å². The third-order valence-electron chi connectivity index (χ3n) is 13.5. The number of ether oxygens (including phenoxy) is 7. The van der Waals surface area contributed by atoms with E-state index >= 15 is 0 Å². The van der Waals surface area contributed by atoms with E-state index in [2.05, 4.69) is 0 Å². The van der Waals surface area contributed by atoms with Crippen molar-refractivity contribution < 1.29 is 63.2 Å². The number of hydrogen-bond acceptors (Lipinski definition) is 13. The summed E-state index contributed by atoms with van der Waals surface area (Å²) < 4.78 is 43.4. The number of carbonyl (C=O) groups excluding carboxylic acids is 2. The van der Waals surface area contributed by atoms with Crippen molar-refractivity contribution in [3.8, 4) is 0 Å². The molecule has 7 fully saturated rings. The van der Waals surface area contributed by atoms with Gasteiger partial charge in [-0.15, -0.1) is 0 Å². The molecule has 0 aromatic rings. The van der Waals surface area contributed by atoms with Gasteiger partial charge in [0.1, 0.15) is 23.4 Å². The quantitative estimate of drug-likeness (QED) is 0.181. The molecule has 0 amide bonds. The molecule has 3 saturated carbocycles. The smallest absolute Gasteiger partial charge is 0.333 e. The molecule has 8 rings (SSSR count). The molecule has 2 bridgehead atoms. The average Bonchev–Trinajstić information content (AvgIpc) is 3.39. The van der Waals surface area contributed by atoms with Gasteiger partial charge in [-0.1, -0.05) is 13.0 Å². The van der Waals surface area contributed by atoms with Crippen LogP contribution in [0.3, 0.4) is 0 Å². The van der Waals surface area contributed by atoms with Crippen molar-refractivity contribution in [1.29, 1.82) is 0 Å². The zero-order valence-corrected chi connectivity index (χ0v) is 26.0. The van der Waals surface area contributed by atoms with E-state index in [-0.39, 0.29) is 19.6 Å². The molecule has 45 heavy (non-hydrogen) atoms. The van der Waals surface area contributed by atoms with Crippen LogP contribution in [0.15, 0.2) is 24.0 Å². The van der Waals surface area contributed by atoms with Gasteiger partial charge in [0.25, 0.3) is 0 Å². The Labute approximate surface area is 260 Å². The monoisotopic (exact) mass is 634 g/mol. The number of fused-ring (bicyclic) bond motifs is 7. The number of esters is 2. The van der Waals surface area contributed by atoms with Crippen LogP contribution >= 0.6 is 0 Å². The second-order valence-corrected chi connectivity index (χ2v) is 14.9. The predicted octanol–water partition coefficient (Wildman–Crippen LogP) is 0.0730. The molecule has 16 atom stereocenters. The van der Waals surface area contributed by atoms with E-state index < -0.39 is 112 Å². The van der Waals surface area contributed by atoms with Crippen molar-refractivity contribution >= 4 is 11.9 Å². The van der Waals surface area contributed by atoms with Gasteiger partial charge in [-0.3, -0.25) is 4.79 Å². The Morgan fingerprint density at radius 1 is 1.04 bits per heavy atom. The fourth-order valence-corrected chi connectivity index (χ4v) is 11.6. The Morgan fingerprint density at radius 2 is 1.80 bits per heavy atom. The van der Waals surface area contributed by atoms with Crippen molar-refractivity contribution in [3.63, 3.8) is 0 Å². The fourth-order valence-electron chi connectivity index (χ4n) is 11.6. The van der Waals surface area contributed by atoms with Crippen molar-refractivity contribution in [2.75, 3.05) is 19.8 Å². The lowest BCUT2D eigenvalue weighted by Crippen LogP contribution is -2.77. The van der Waals surface area contributed by atoms with E-state index in [1.54, 1.807) is 26.0 Å². The number of carbonyl (C=O) groups is 2. The van der Waals surface area contributed by atoms with Crippen LogP contribution in [-0.2, 0) is 42.7 Å². The van der Waals surface area contributed by atoms with E-state index in [1.807, 2.05) is 13.8 Å². The molecule has 1 spiro atoms. The first kappa shape index (κ1) is 30.2. The van der Waals surface area contributed by atoms with Crippen molar-refractivity contribution in [2.45, 2.75) is 107 Å². The highest BCUT2D eigenvalue weighted by Crippen LogP contribution is 2.82. The van der Waals surface area contributed by atoms with Crippen LogP contribution in [0.1, 0.15) is 47.5 Å². The first-order valence-corrected chi connectivity index (χ1v) is 15.9. The third kappa shape index (κ3) is 3.13. The lowest BCUT2D eigenvalue weighted by atomic mass is 9.38. The molecule has 0 aromatic carbocycles. The van der Waals surface area contributed by atoms with E-state index in [0.717, 1.165) is 0 Å². The first-order valence-electron chi connectivity index (χ1n) is 15.9. The molecule has 0 unspecified atom stereocenters. The molecule has 0 aromatic heterocycles. The van der Waals surface area contributed by atoms with Gasteiger partial charge in [0.2, 0.25) is 6.29 Å². The van der Waals surface area contributed by atoms with Gasteiger partial charge in [0, 0.05) is 47.5 Å². The van der Waals surface area contributed by atoms with Gasteiger partial charge >= 0.3 is 11.9 Å². The minimum atomic E-state index is -1.45. The summed E-state index contributed by atoms with van der Waals surface area (Å²) in [7, 11) is 0. The second-order valence-electron chi connectivity index (χ2n) is 14.9. The molecule has 8 aliphatic rings. The van der Waals surface area contributed by atoms with Crippen molar-refractivity contribution in [1.82, 2.24) is 0 Å². The van der Waals surface area contributed by atoms with Crippen LogP contribution < -0.4 is 0 Å². The summed E-state index contributed by atoms with van der Waals surface area (Å²) in [5.41, 5.74) is -7.05. The number of aliphatic hydroxyl groups is 4. The largest absolute Gasteiger partial charge is 0.469 e. The Bertz CT molecular complexity index is 1400. The SMILES string of the molecule is C/C=C(\C)C(=O)O[C@H]1C[C@@H](OC(C)=O)[C@@]2(CO)CO[C@H]3[C@@H](O)[C@@](C)([C@]45O[C@@]4(C)[C@H]4C[C@@H]5O[C@@H]5OC=C[C@@]54O)[C@@H]4[C@@H](O)OC[C@@]14[C@@H]32. The highest BCUT2D eigenvalue weighted by atomic mass is 16.7. The van der Waals surface area contributed by atoms with Gasteiger partial charge < -0.3 is 53.6 Å². The maximum absolute atomic E-state index is 13.4. The molecule has 4 N–H and O–H groups in total. The average molecular weight is 635 g/mol. The molecule has 4 saturated heterocycles. The number of rotatable bonds is 5. The normalized spacial score (nSPS) is 58.2. The van der Waals surface area contributed by atoms with E-state index in [1.165, 1.54) is 13.2 Å². The van der Waals surface area contributed by atoms with E-state index in [9.17, 15) is 30.0 Å². The molecule has 5 aliphatic heterocycles. The summed E-state index contributed by atoms with van der Waals surface area (Å²) in [5, 5.41) is 47.3. The van der Waals surface area contributed by atoms with E-state index in [0.29, 0.717) is 12.0 Å². The zero-order chi connectivity index (χ0) is 32.1. The number of allylic oxidation sites excluding steroid dienone is 1. The topological polar surface area (TPSA) is 183 Å². The van der Waals surface area contributed by atoms with Crippen molar-refractivity contribution in [3.05, 3.63) is 24.0 Å². The third-order valence-corrected chi connectivity index (χ3v) is 13.5. The summed E-state index contributed by atoms with van der Waals surface area (Å²) in [5.74, 6) is -3.27. The van der Waals surface area contributed by atoms with Crippen LogP contribution in [0.4, 0.5) is 0 Å². The molecular formula is C32H42O13. The minimum absolute atomic E-state index is 0.0162. The summed E-state index contributed by atoms with van der Waals surface area (Å²) in [6.45, 7) is 7.79. The number of aliphatic hydroxyl groups excluding tert-OH is 3. The Hall–Kier alpha value is -2.10. The maximum Gasteiger partial charge on any atom is 0.333 e. The number of hydrogen-bond donors (Lipinski definition) is 4. The highest BCUT2D eigenvalue weighted by molar-refractivity contribution is 5.87. The van der Waals surface area contributed by atoms with Gasteiger partial charge in [-0.25, -0.2) is 4.79 Å². The van der Waals surface area contributed by atoms with Crippen LogP contribution in [0.25, 0.3) is 0 Å². The molecule has 3 aliphatic carbocycles. The second kappa shape index (κ2) is 9.07. The Balaban J connectivity index is 1.32. The van der Waals surface area contributed by atoms with Gasteiger partial charge in [-0.05, 0) is 33.3 Å². The van der Waals surface area contributed by atoms with Crippen LogP contribution in [0, 0.1) is 34.0 Å². The van der Waals surface area contributed by atoms with Gasteiger partial charge in [0.15, 0.2) is 11.9 Å². The molecule has 248 valence electrons. The van der Waals surface area contributed by atoms with Crippen LogP contribution in [0.5, 0.6) is 0 Å². The first-order chi connectivity index (χ1) is 21.2. The van der Waals surface area contributed by atoms with Gasteiger partial charge in [0.05, 0.1) is 49.8 Å². The molecular weight excluding hydrogens is 592 g/mol. The zero-order valence-electron chi connectivity index (χ0n) is 26.0. The van der Waals surface area contributed by atoms with Crippen molar-refractivity contribution in [2.24, 2.45) is 34.0 Å². The Morgan fingerprint density at radius 3 is 2.49 bits per heavy atom. The minimum Gasteiger partial charge on any atom is -0.469 e. The Kier molecular flexibility index (Phi) is 6.10. The van der Waals surface area contributed by atoms with Gasteiger partial charge in [-0.2, -0.15) is 0 Å². The molecule has 13 heteroatoms. The summed E-state index contributed by atoms with van der Waals surface area (Å²) in [6, 6.07) is 0. The summed E-state index contributed by atoms with van der Waals surface area (Å²) in [4.78, 5) is 25.8. The standard InChI is InChI=1S/C32H42O13/c1-6-14(2)24(36)43-18-10-17(42-15(3)34)29(11-33)12-40-20-21(29)30(18)13-41-25(37)22(30)27(4,23(20)35)32-19-9-16(28(32,5)45-32)31(38)7-8-39-26(31)44-19/h6-8,16-23,25-26,33,35,37-38H,9-13H2,1-5H3/b14-6+/t16-,17-,18+,19+,20-,21+,22+,23-,25+,26+,27+,28+,29-,30+,31+,32+/m1/s1. The molecule has 0 radical (unpaired) electrons. The summed E-state index contributed by atoms with van der Waals surface area (Å²) >= 11 is 0. The maximum atomic E-state index is 13.4. The molecule has 5 heterocycles. The predicted molar refractivity (Wildman–Crippen MR) is 148 cm³/mol. The summed E-state index contributed by atoms with van der Waals surface area (Å²) in [6.07, 6.45) is -2.07.